The second kappa shape index (κ2) is 6.87. The monoisotopic (exact) mass is 364 g/mol. The van der Waals surface area contributed by atoms with E-state index in [2.05, 4.69) is 56.1 Å². The van der Waals surface area contributed by atoms with E-state index in [9.17, 15) is 4.79 Å². The van der Waals surface area contributed by atoms with Crippen LogP contribution in [-0.4, -0.2) is 38.7 Å². The highest BCUT2D eigenvalue weighted by Gasteiger charge is 2.26. The van der Waals surface area contributed by atoms with E-state index < -0.39 is 0 Å². The number of nitrogens with one attached hydrogen (secondary N) is 1. The van der Waals surface area contributed by atoms with Crippen LogP contribution in [0.15, 0.2) is 24.5 Å². The van der Waals surface area contributed by atoms with E-state index in [1.54, 1.807) is 0 Å². The predicted octanol–water partition coefficient (Wildman–Crippen LogP) is 4.15. The lowest BCUT2D eigenvalue weighted by Crippen LogP contribution is -2.39. The van der Waals surface area contributed by atoms with Crippen molar-refractivity contribution in [2.75, 3.05) is 13.1 Å². The lowest BCUT2D eigenvalue weighted by Gasteiger charge is -2.32. The molecule has 5 heteroatoms. The number of carbonyl (C=O) groups is 1. The van der Waals surface area contributed by atoms with Gasteiger partial charge < -0.3 is 9.88 Å². The summed E-state index contributed by atoms with van der Waals surface area (Å²) >= 11 is 0. The molecular formula is C22H28N4O. The average molecular weight is 364 g/mol. The smallest absolute Gasteiger partial charge is 0.270 e. The maximum absolute atomic E-state index is 13.1. The average Bonchev–Trinajstić information content (AvgIpc) is 3.19. The van der Waals surface area contributed by atoms with E-state index in [1.807, 2.05) is 15.8 Å². The number of aryl methyl sites for hydroxylation is 4. The molecule has 0 atom stereocenters. The summed E-state index contributed by atoms with van der Waals surface area (Å²) in [6.45, 7) is 10.9. The molecule has 3 aromatic rings. The number of benzene rings is 1. The quantitative estimate of drug-likeness (QED) is 0.759. The van der Waals surface area contributed by atoms with Gasteiger partial charge in [-0.15, -0.1) is 0 Å². The van der Waals surface area contributed by atoms with Crippen LogP contribution in [0.25, 0.3) is 10.9 Å². The van der Waals surface area contributed by atoms with Gasteiger partial charge in [-0.1, -0.05) is 11.6 Å². The molecule has 1 amide bonds. The largest absolute Gasteiger partial charge is 0.350 e. The molecule has 0 saturated carbocycles. The Balaban J connectivity index is 1.47. The third-order valence-corrected chi connectivity index (χ3v) is 5.83. The summed E-state index contributed by atoms with van der Waals surface area (Å²) < 4.78 is 2.03. The van der Waals surface area contributed by atoms with Crippen molar-refractivity contribution in [3.05, 3.63) is 52.5 Å². The van der Waals surface area contributed by atoms with Gasteiger partial charge in [0, 0.05) is 36.7 Å². The number of carbonyl (C=O) groups excluding carboxylic acids is 1. The van der Waals surface area contributed by atoms with Crippen LogP contribution in [-0.2, 0) is 6.54 Å². The number of H-pyrrole nitrogens is 1. The van der Waals surface area contributed by atoms with Crippen LogP contribution in [0.2, 0.25) is 0 Å². The fraction of sp³-hybridized carbons (Fsp3) is 0.455. The second-order valence-corrected chi connectivity index (χ2v) is 8.10. The molecular weight excluding hydrogens is 336 g/mol. The van der Waals surface area contributed by atoms with Gasteiger partial charge >= 0.3 is 0 Å². The summed E-state index contributed by atoms with van der Waals surface area (Å²) in [4.78, 5) is 18.5. The van der Waals surface area contributed by atoms with Crippen LogP contribution in [0.5, 0.6) is 0 Å². The standard InChI is InChI=1S/C22H28N4O/c1-14-9-16(3)20-19(10-14)17(4)21(24-20)22(27)25-7-5-18(6-8-25)13-26-12-15(2)11-23-26/h9-12,18,24H,5-8,13H2,1-4H3. The Bertz CT molecular complexity index is 989. The third-order valence-electron chi connectivity index (χ3n) is 5.83. The number of hydrogen-bond acceptors (Lipinski definition) is 2. The highest BCUT2D eigenvalue weighted by molar-refractivity contribution is 6.01. The van der Waals surface area contributed by atoms with Crippen molar-refractivity contribution in [2.24, 2.45) is 5.92 Å². The van der Waals surface area contributed by atoms with Crippen LogP contribution in [0.1, 0.15) is 45.6 Å². The van der Waals surface area contributed by atoms with Crippen LogP contribution in [0.3, 0.4) is 0 Å². The Labute approximate surface area is 160 Å². The lowest BCUT2D eigenvalue weighted by atomic mass is 9.96. The van der Waals surface area contributed by atoms with Crippen LogP contribution in [0, 0.1) is 33.6 Å². The molecule has 1 aromatic carbocycles. The molecule has 1 fully saturated rings. The Kier molecular flexibility index (Phi) is 4.54. The molecule has 1 saturated heterocycles. The summed E-state index contributed by atoms with van der Waals surface area (Å²) in [6.07, 6.45) is 6.06. The SMILES string of the molecule is Cc1cc(C)c2[nH]c(C(=O)N3CCC(Cn4cc(C)cn4)CC3)c(C)c2c1. The van der Waals surface area contributed by atoms with Gasteiger partial charge in [-0.25, -0.2) is 0 Å². The van der Waals surface area contributed by atoms with Crippen LogP contribution >= 0.6 is 0 Å². The first-order chi connectivity index (χ1) is 12.9. The van der Waals surface area contributed by atoms with Crippen molar-refractivity contribution in [2.45, 2.75) is 47.1 Å². The number of aromatic nitrogens is 3. The molecule has 2 aromatic heterocycles. The molecule has 142 valence electrons. The Morgan fingerprint density at radius 2 is 1.89 bits per heavy atom. The lowest BCUT2D eigenvalue weighted by molar-refractivity contribution is 0.0675. The molecule has 1 N–H and O–H groups in total. The minimum absolute atomic E-state index is 0.133. The van der Waals surface area contributed by atoms with Crippen molar-refractivity contribution in [1.29, 1.82) is 0 Å². The summed E-state index contributed by atoms with van der Waals surface area (Å²) in [5.41, 5.74) is 6.53. The molecule has 27 heavy (non-hydrogen) atoms. The fourth-order valence-electron chi connectivity index (χ4n) is 4.30. The van der Waals surface area contributed by atoms with Crippen LogP contribution < -0.4 is 0 Å². The summed E-state index contributed by atoms with van der Waals surface area (Å²) in [5.74, 6) is 0.719. The minimum Gasteiger partial charge on any atom is -0.350 e. The first-order valence-corrected chi connectivity index (χ1v) is 9.80. The van der Waals surface area contributed by atoms with Gasteiger partial charge in [0.1, 0.15) is 5.69 Å². The molecule has 1 aliphatic rings. The van der Waals surface area contributed by atoms with Crippen LogP contribution in [0.4, 0.5) is 0 Å². The van der Waals surface area contributed by atoms with Crippen molar-refractivity contribution in [3.8, 4) is 0 Å². The predicted molar refractivity (Wildman–Crippen MR) is 108 cm³/mol. The number of aromatic amines is 1. The first kappa shape index (κ1) is 17.8. The van der Waals surface area contributed by atoms with Gasteiger partial charge in [0.25, 0.3) is 5.91 Å². The maximum Gasteiger partial charge on any atom is 0.270 e. The molecule has 1 aliphatic heterocycles. The molecule has 0 bridgehead atoms. The topological polar surface area (TPSA) is 53.9 Å². The molecule has 0 radical (unpaired) electrons. The molecule has 0 aliphatic carbocycles. The molecule has 4 rings (SSSR count). The van der Waals surface area contributed by atoms with Crippen molar-refractivity contribution < 1.29 is 4.79 Å². The Morgan fingerprint density at radius 3 is 2.56 bits per heavy atom. The zero-order valence-electron chi connectivity index (χ0n) is 16.7. The van der Waals surface area contributed by atoms with Gasteiger partial charge in [0.05, 0.1) is 6.20 Å². The van der Waals surface area contributed by atoms with Crippen molar-refractivity contribution >= 4 is 16.8 Å². The normalized spacial score (nSPS) is 15.6. The van der Waals surface area contributed by atoms with E-state index in [-0.39, 0.29) is 5.91 Å². The van der Waals surface area contributed by atoms with Gasteiger partial charge in [-0.3, -0.25) is 9.48 Å². The Hall–Kier alpha value is -2.56. The summed E-state index contributed by atoms with van der Waals surface area (Å²) in [5, 5.41) is 5.56. The number of rotatable bonds is 3. The zero-order valence-corrected chi connectivity index (χ0v) is 16.7. The third kappa shape index (κ3) is 3.38. The first-order valence-electron chi connectivity index (χ1n) is 9.80. The van der Waals surface area contributed by atoms with E-state index in [4.69, 9.17) is 0 Å². The summed E-state index contributed by atoms with van der Waals surface area (Å²) in [7, 11) is 0. The van der Waals surface area contributed by atoms with E-state index in [0.717, 1.165) is 49.2 Å². The van der Waals surface area contributed by atoms with Gasteiger partial charge in [0.2, 0.25) is 0 Å². The van der Waals surface area contributed by atoms with Gasteiger partial charge in [-0.05, 0) is 69.2 Å². The van der Waals surface area contributed by atoms with Crippen molar-refractivity contribution in [1.82, 2.24) is 19.7 Å². The number of likely N-dealkylation sites (tertiary alicyclic amines) is 1. The molecule has 3 heterocycles. The highest BCUT2D eigenvalue weighted by Crippen LogP contribution is 2.28. The Morgan fingerprint density at radius 1 is 1.15 bits per heavy atom. The van der Waals surface area contributed by atoms with Gasteiger partial charge in [-0.2, -0.15) is 5.10 Å². The van der Waals surface area contributed by atoms with Crippen molar-refractivity contribution in [3.63, 3.8) is 0 Å². The van der Waals surface area contributed by atoms with E-state index in [1.165, 1.54) is 22.1 Å². The molecule has 0 spiro atoms. The highest BCUT2D eigenvalue weighted by atomic mass is 16.2. The molecule has 5 nitrogen and oxygen atoms in total. The summed E-state index contributed by atoms with van der Waals surface area (Å²) in [6, 6.07) is 4.33. The number of hydrogen-bond donors (Lipinski definition) is 1. The second-order valence-electron chi connectivity index (χ2n) is 8.10. The zero-order chi connectivity index (χ0) is 19.1. The van der Waals surface area contributed by atoms with E-state index in [0.29, 0.717) is 5.92 Å². The van der Waals surface area contributed by atoms with Gasteiger partial charge in [0.15, 0.2) is 0 Å². The number of amides is 1. The van der Waals surface area contributed by atoms with E-state index >= 15 is 0 Å². The number of piperidine rings is 1. The number of nitrogens with zero attached hydrogens (tertiary/aromatic N) is 3. The molecule has 0 unspecified atom stereocenters. The number of fused-ring (bicyclic) bond motifs is 1. The minimum atomic E-state index is 0.133. The fourth-order valence-corrected chi connectivity index (χ4v) is 4.30. The maximum atomic E-state index is 13.1.